The van der Waals surface area contributed by atoms with Gasteiger partial charge in [0.25, 0.3) is 5.91 Å². The van der Waals surface area contributed by atoms with Crippen molar-refractivity contribution in [3.8, 4) is 11.5 Å². The number of rotatable bonds is 6. The second kappa shape index (κ2) is 8.19. The molecule has 0 fully saturated rings. The molecule has 1 amide bonds. The molecule has 0 aliphatic rings. The molecule has 0 bridgehead atoms. The van der Waals surface area contributed by atoms with Gasteiger partial charge in [-0.05, 0) is 30.3 Å². The third kappa shape index (κ3) is 3.98. The Balaban J connectivity index is 1.92. The average molecular weight is 361 g/mol. The van der Waals surface area contributed by atoms with Crippen molar-refractivity contribution in [2.24, 2.45) is 0 Å². The predicted molar refractivity (Wildman–Crippen MR) is 104 cm³/mol. The molecule has 3 aromatic rings. The zero-order chi connectivity index (χ0) is 19.2. The van der Waals surface area contributed by atoms with Crippen molar-refractivity contribution in [3.63, 3.8) is 0 Å². The van der Waals surface area contributed by atoms with Crippen LogP contribution < -0.4 is 14.8 Å². The van der Waals surface area contributed by atoms with E-state index in [-0.39, 0.29) is 11.7 Å². The highest BCUT2D eigenvalue weighted by molar-refractivity contribution is 6.11. The standard InChI is InChI=1S/C22H19NO4/c1-26-19-11-7-6-10-17(19)22(25)23-18-14-16(12-13-20(18)27-2)21(24)15-8-4-3-5-9-15/h3-14H,1-2H3,(H,23,25). The van der Waals surface area contributed by atoms with Crippen molar-refractivity contribution in [3.05, 3.63) is 89.5 Å². The molecule has 0 saturated heterocycles. The van der Waals surface area contributed by atoms with Crippen LogP contribution in [0.3, 0.4) is 0 Å². The summed E-state index contributed by atoms with van der Waals surface area (Å²) in [4.78, 5) is 25.4. The topological polar surface area (TPSA) is 64.6 Å². The van der Waals surface area contributed by atoms with E-state index in [4.69, 9.17) is 9.47 Å². The van der Waals surface area contributed by atoms with Gasteiger partial charge in [0.2, 0.25) is 0 Å². The first-order valence-corrected chi connectivity index (χ1v) is 8.36. The number of methoxy groups -OCH3 is 2. The summed E-state index contributed by atoms with van der Waals surface area (Å²) in [6.45, 7) is 0. The summed E-state index contributed by atoms with van der Waals surface area (Å²) >= 11 is 0. The third-order valence-electron chi connectivity index (χ3n) is 4.10. The van der Waals surface area contributed by atoms with Gasteiger partial charge in [-0.25, -0.2) is 0 Å². The zero-order valence-corrected chi connectivity index (χ0v) is 15.1. The number of ether oxygens (including phenoxy) is 2. The van der Waals surface area contributed by atoms with Gasteiger partial charge >= 0.3 is 0 Å². The molecule has 0 spiro atoms. The maximum atomic E-state index is 12.7. The number of hydrogen-bond donors (Lipinski definition) is 1. The quantitative estimate of drug-likeness (QED) is 0.669. The number of nitrogens with one attached hydrogen (secondary N) is 1. The Kier molecular flexibility index (Phi) is 5.52. The Morgan fingerprint density at radius 3 is 2.11 bits per heavy atom. The molecule has 0 aliphatic heterocycles. The second-order valence-electron chi connectivity index (χ2n) is 5.76. The van der Waals surface area contributed by atoms with Crippen LogP contribution in [0, 0.1) is 0 Å². The third-order valence-corrected chi connectivity index (χ3v) is 4.10. The first-order valence-electron chi connectivity index (χ1n) is 8.36. The summed E-state index contributed by atoms with van der Waals surface area (Å²) in [7, 11) is 3.01. The molecule has 0 aromatic heterocycles. The number of amides is 1. The number of carbonyl (C=O) groups is 2. The van der Waals surface area contributed by atoms with Crippen LogP contribution >= 0.6 is 0 Å². The summed E-state index contributed by atoms with van der Waals surface area (Å²) in [5.41, 5.74) is 1.83. The summed E-state index contributed by atoms with van der Waals surface area (Å²) in [6, 6.07) is 20.8. The molecule has 5 heteroatoms. The van der Waals surface area contributed by atoms with Gasteiger partial charge in [-0.1, -0.05) is 42.5 Å². The van der Waals surface area contributed by atoms with Crippen LogP contribution in [0.5, 0.6) is 11.5 Å². The molecular formula is C22H19NO4. The van der Waals surface area contributed by atoms with E-state index in [0.717, 1.165) is 0 Å². The van der Waals surface area contributed by atoms with E-state index in [9.17, 15) is 9.59 Å². The molecule has 136 valence electrons. The van der Waals surface area contributed by atoms with E-state index < -0.39 is 0 Å². The number of benzene rings is 3. The van der Waals surface area contributed by atoms with Crippen molar-refractivity contribution >= 4 is 17.4 Å². The van der Waals surface area contributed by atoms with Crippen LogP contribution in [0.2, 0.25) is 0 Å². The van der Waals surface area contributed by atoms with Gasteiger partial charge in [0.05, 0.1) is 25.5 Å². The van der Waals surface area contributed by atoms with Crippen LogP contribution in [0.15, 0.2) is 72.8 Å². The largest absolute Gasteiger partial charge is 0.496 e. The minimum Gasteiger partial charge on any atom is -0.496 e. The lowest BCUT2D eigenvalue weighted by Gasteiger charge is -2.13. The van der Waals surface area contributed by atoms with Crippen molar-refractivity contribution in [1.29, 1.82) is 0 Å². The van der Waals surface area contributed by atoms with E-state index in [1.807, 2.05) is 6.07 Å². The smallest absolute Gasteiger partial charge is 0.259 e. The van der Waals surface area contributed by atoms with Gasteiger partial charge in [-0.15, -0.1) is 0 Å². The van der Waals surface area contributed by atoms with Crippen LogP contribution in [0.4, 0.5) is 5.69 Å². The molecule has 0 unspecified atom stereocenters. The van der Waals surface area contributed by atoms with Crippen molar-refractivity contribution in [2.75, 3.05) is 19.5 Å². The maximum absolute atomic E-state index is 12.7. The fraction of sp³-hybridized carbons (Fsp3) is 0.0909. The summed E-state index contributed by atoms with van der Waals surface area (Å²) in [6.07, 6.45) is 0. The Morgan fingerprint density at radius 1 is 0.741 bits per heavy atom. The van der Waals surface area contributed by atoms with E-state index in [0.29, 0.717) is 33.9 Å². The Labute approximate surface area is 157 Å². The molecule has 3 rings (SSSR count). The highest BCUT2D eigenvalue weighted by atomic mass is 16.5. The summed E-state index contributed by atoms with van der Waals surface area (Å²) in [5.74, 6) is 0.439. The molecule has 0 radical (unpaired) electrons. The lowest BCUT2D eigenvalue weighted by Crippen LogP contribution is -2.14. The van der Waals surface area contributed by atoms with Crippen LogP contribution in [0.25, 0.3) is 0 Å². The van der Waals surface area contributed by atoms with Gasteiger partial charge in [-0.2, -0.15) is 0 Å². The summed E-state index contributed by atoms with van der Waals surface area (Å²) < 4.78 is 10.6. The molecule has 0 aliphatic carbocycles. The Morgan fingerprint density at radius 2 is 1.41 bits per heavy atom. The molecule has 3 aromatic carbocycles. The van der Waals surface area contributed by atoms with Gasteiger partial charge < -0.3 is 14.8 Å². The van der Waals surface area contributed by atoms with Gasteiger partial charge in [-0.3, -0.25) is 9.59 Å². The minimum absolute atomic E-state index is 0.133. The molecular weight excluding hydrogens is 342 g/mol. The first-order chi connectivity index (χ1) is 13.1. The van der Waals surface area contributed by atoms with Gasteiger partial charge in [0, 0.05) is 11.1 Å². The van der Waals surface area contributed by atoms with E-state index in [1.54, 1.807) is 66.7 Å². The normalized spacial score (nSPS) is 10.1. The van der Waals surface area contributed by atoms with Crippen LogP contribution in [0.1, 0.15) is 26.3 Å². The number of para-hydroxylation sites is 1. The Hall–Kier alpha value is -3.60. The highest BCUT2D eigenvalue weighted by Gasteiger charge is 2.16. The SMILES string of the molecule is COc1ccc(C(=O)c2ccccc2)cc1NC(=O)c1ccccc1OC. The van der Waals surface area contributed by atoms with Gasteiger partial charge in [0.15, 0.2) is 5.78 Å². The predicted octanol–water partition coefficient (Wildman–Crippen LogP) is 4.19. The van der Waals surface area contributed by atoms with Crippen molar-refractivity contribution in [2.45, 2.75) is 0 Å². The monoisotopic (exact) mass is 361 g/mol. The van der Waals surface area contributed by atoms with E-state index >= 15 is 0 Å². The molecule has 1 N–H and O–H groups in total. The summed E-state index contributed by atoms with van der Waals surface area (Å²) in [5, 5.41) is 2.80. The average Bonchev–Trinajstić information content (AvgIpc) is 2.73. The molecule has 27 heavy (non-hydrogen) atoms. The fourth-order valence-corrected chi connectivity index (χ4v) is 2.72. The molecule has 0 atom stereocenters. The van der Waals surface area contributed by atoms with E-state index in [1.165, 1.54) is 14.2 Å². The van der Waals surface area contributed by atoms with E-state index in [2.05, 4.69) is 5.32 Å². The maximum Gasteiger partial charge on any atom is 0.259 e. The van der Waals surface area contributed by atoms with Gasteiger partial charge in [0.1, 0.15) is 11.5 Å². The molecule has 0 saturated carbocycles. The number of anilines is 1. The lowest BCUT2D eigenvalue weighted by atomic mass is 10.0. The first kappa shape index (κ1) is 18.2. The highest BCUT2D eigenvalue weighted by Crippen LogP contribution is 2.28. The second-order valence-corrected chi connectivity index (χ2v) is 5.76. The Bertz CT molecular complexity index is 967. The minimum atomic E-state index is -0.352. The number of hydrogen-bond acceptors (Lipinski definition) is 4. The number of carbonyl (C=O) groups excluding carboxylic acids is 2. The van der Waals surface area contributed by atoms with Crippen LogP contribution in [-0.4, -0.2) is 25.9 Å². The molecule has 5 nitrogen and oxygen atoms in total. The zero-order valence-electron chi connectivity index (χ0n) is 15.1. The fourth-order valence-electron chi connectivity index (χ4n) is 2.72. The van der Waals surface area contributed by atoms with Crippen LogP contribution in [-0.2, 0) is 0 Å². The molecule has 0 heterocycles. The van der Waals surface area contributed by atoms with Crippen molar-refractivity contribution < 1.29 is 19.1 Å². The lowest BCUT2D eigenvalue weighted by molar-refractivity contribution is 0.101. The van der Waals surface area contributed by atoms with Crippen molar-refractivity contribution in [1.82, 2.24) is 0 Å². The number of ketones is 1.